The second kappa shape index (κ2) is 3.40. The minimum Gasteiger partial charge on any atom is -0.432 e. The number of aromatic nitrogens is 1. The molecule has 2 heterocycles. The van der Waals surface area contributed by atoms with Crippen LogP contribution in [0, 0.1) is 0 Å². The molecule has 0 bridgehead atoms. The van der Waals surface area contributed by atoms with Crippen molar-refractivity contribution in [2.75, 3.05) is 5.32 Å². The summed E-state index contributed by atoms with van der Waals surface area (Å²) < 4.78 is 5.01. The molecule has 0 atom stereocenters. The second-order valence-corrected chi connectivity index (χ2v) is 3.30. The van der Waals surface area contributed by atoms with Gasteiger partial charge in [-0.3, -0.25) is 0 Å². The Labute approximate surface area is 74.1 Å². The lowest BCUT2D eigenvalue weighted by molar-refractivity contribution is 0.571. The van der Waals surface area contributed by atoms with Gasteiger partial charge in [-0.15, -0.1) is 11.3 Å². The van der Waals surface area contributed by atoms with E-state index in [1.807, 2.05) is 11.4 Å². The van der Waals surface area contributed by atoms with Crippen LogP contribution in [0.4, 0.5) is 6.01 Å². The maximum absolute atomic E-state index is 5.01. The summed E-state index contributed by atoms with van der Waals surface area (Å²) in [5.41, 5.74) is 0. The summed E-state index contributed by atoms with van der Waals surface area (Å²) in [6, 6.07) is 4.67. The van der Waals surface area contributed by atoms with Crippen molar-refractivity contribution in [2.24, 2.45) is 0 Å². The van der Waals surface area contributed by atoms with Gasteiger partial charge in [0.25, 0.3) is 6.01 Å². The number of nitrogens with one attached hydrogen (secondary N) is 1. The van der Waals surface area contributed by atoms with Crippen LogP contribution < -0.4 is 5.32 Å². The van der Waals surface area contributed by atoms with Gasteiger partial charge in [0.1, 0.15) is 6.26 Å². The predicted octanol–water partition coefficient (Wildman–Crippen LogP) is 2.35. The third-order valence-electron chi connectivity index (χ3n) is 1.43. The largest absolute Gasteiger partial charge is 0.432 e. The number of anilines is 1. The van der Waals surface area contributed by atoms with Crippen LogP contribution in [0.5, 0.6) is 0 Å². The molecule has 0 aliphatic rings. The molecule has 0 fully saturated rings. The van der Waals surface area contributed by atoms with E-state index >= 15 is 0 Å². The molecule has 2 aromatic heterocycles. The summed E-state index contributed by atoms with van der Waals surface area (Å²) in [7, 11) is 0. The van der Waals surface area contributed by atoms with E-state index in [0.29, 0.717) is 6.01 Å². The zero-order chi connectivity index (χ0) is 8.23. The lowest BCUT2D eigenvalue weighted by atomic mass is 10.5. The molecule has 3 nitrogen and oxygen atoms in total. The number of nitrogens with zero attached hydrogens (tertiary/aromatic N) is 1. The van der Waals surface area contributed by atoms with Gasteiger partial charge in [0.05, 0.1) is 12.7 Å². The summed E-state index contributed by atoms with van der Waals surface area (Å²) >= 11 is 1.71. The summed E-state index contributed by atoms with van der Waals surface area (Å²) in [6.07, 6.45) is 3.17. The fourth-order valence-corrected chi connectivity index (χ4v) is 1.53. The fourth-order valence-electron chi connectivity index (χ4n) is 0.887. The van der Waals surface area contributed by atoms with E-state index in [2.05, 4.69) is 16.4 Å². The third-order valence-corrected chi connectivity index (χ3v) is 2.30. The first-order valence-corrected chi connectivity index (χ1v) is 4.49. The van der Waals surface area contributed by atoms with Crippen LogP contribution in [-0.2, 0) is 6.54 Å². The summed E-state index contributed by atoms with van der Waals surface area (Å²) in [5, 5.41) is 5.11. The Morgan fingerprint density at radius 2 is 2.58 bits per heavy atom. The van der Waals surface area contributed by atoms with Crippen molar-refractivity contribution in [1.29, 1.82) is 0 Å². The van der Waals surface area contributed by atoms with Crippen molar-refractivity contribution >= 4 is 17.4 Å². The van der Waals surface area contributed by atoms with Crippen molar-refractivity contribution in [3.05, 3.63) is 34.8 Å². The molecule has 2 rings (SSSR count). The van der Waals surface area contributed by atoms with Crippen LogP contribution in [-0.4, -0.2) is 4.98 Å². The van der Waals surface area contributed by atoms with E-state index in [1.165, 1.54) is 4.88 Å². The van der Waals surface area contributed by atoms with Crippen LogP contribution in [0.1, 0.15) is 4.88 Å². The maximum Gasteiger partial charge on any atom is 0.294 e. The van der Waals surface area contributed by atoms with Gasteiger partial charge in [-0.1, -0.05) is 6.07 Å². The molecule has 0 aliphatic heterocycles. The molecular formula is C8H8N2OS. The minimum atomic E-state index is 0.573. The highest BCUT2D eigenvalue weighted by Crippen LogP contribution is 2.10. The van der Waals surface area contributed by atoms with Gasteiger partial charge < -0.3 is 9.73 Å². The van der Waals surface area contributed by atoms with E-state index < -0.39 is 0 Å². The van der Waals surface area contributed by atoms with Gasteiger partial charge in [0.15, 0.2) is 0 Å². The molecule has 12 heavy (non-hydrogen) atoms. The molecule has 0 unspecified atom stereocenters. The van der Waals surface area contributed by atoms with Crippen molar-refractivity contribution in [3.63, 3.8) is 0 Å². The molecule has 62 valence electrons. The van der Waals surface area contributed by atoms with E-state index in [4.69, 9.17) is 4.42 Å². The first-order chi connectivity index (χ1) is 5.95. The predicted molar refractivity (Wildman–Crippen MR) is 48.1 cm³/mol. The molecule has 0 aromatic carbocycles. The molecule has 0 radical (unpaired) electrons. The first kappa shape index (κ1) is 7.36. The monoisotopic (exact) mass is 180 g/mol. The van der Waals surface area contributed by atoms with Gasteiger partial charge in [-0.05, 0) is 11.4 Å². The van der Waals surface area contributed by atoms with Crippen LogP contribution in [0.2, 0.25) is 0 Å². The molecule has 0 saturated heterocycles. The zero-order valence-corrected chi connectivity index (χ0v) is 7.17. The average molecular weight is 180 g/mol. The standard InChI is InChI=1S/C8H8N2OS/c1-2-7(12-5-1)6-10-8-9-3-4-11-8/h1-5H,6H2,(H,9,10). The van der Waals surface area contributed by atoms with E-state index in [0.717, 1.165) is 6.54 Å². The Bertz CT molecular complexity index is 280. The highest BCUT2D eigenvalue weighted by Gasteiger charge is 1.96. The Balaban J connectivity index is 1.91. The molecule has 4 heteroatoms. The minimum absolute atomic E-state index is 0.573. The first-order valence-electron chi connectivity index (χ1n) is 3.61. The van der Waals surface area contributed by atoms with Gasteiger partial charge in [-0.25, -0.2) is 4.98 Å². The zero-order valence-electron chi connectivity index (χ0n) is 6.36. The Morgan fingerprint density at radius 1 is 1.58 bits per heavy atom. The summed E-state index contributed by atoms with van der Waals surface area (Å²) in [4.78, 5) is 5.21. The quantitative estimate of drug-likeness (QED) is 0.787. The number of hydrogen-bond donors (Lipinski definition) is 1. The van der Waals surface area contributed by atoms with Crippen LogP contribution in [0.15, 0.2) is 34.4 Å². The van der Waals surface area contributed by atoms with E-state index in [1.54, 1.807) is 23.8 Å². The molecule has 0 spiro atoms. The van der Waals surface area contributed by atoms with Gasteiger partial charge in [-0.2, -0.15) is 0 Å². The molecule has 0 aliphatic carbocycles. The molecule has 0 saturated carbocycles. The molecule has 1 N–H and O–H groups in total. The SMILES string of the molecule is c1csc(CNc2ncco2)c1. The Morgan fingerprint density at radius 3 is 3.25 bits per heavy atom. The third kappa shape index (κ3) is 1.65. The van der Waals surface area contributed by atoms with Crippen molar-refractivity contribution in [1.82, 2.24) is 4.98 Å². The number of hydrogen-bond acceptors (Lipinski definition) is 4. The topological polar surface area (TPSA) is 38.1 Å². The van der Waals surface area contributed by atoms with Crippen molar-refractivity contribution in [2.45, 2.75) is 6.54 Å². The fraction of sp³-hybridized carbons (Fsp3) is 0.125. The maximum atomic E-state index is 5.01. The number of oxazole rings is 1. The van der Waals surface area contributed by atoms with Gasteiger partial charge in [0.2, 0.25) is 0 Å². The van der Waals surface area contributed by atoms with Crippen LogP contribution >= 0.6 is 11.3 Å². The van der Waals surface area contributed by atoms with Crippen LogP contribution in [0.3, 0.4) is 0 Å². The smallest absolute Gasteiger partial charge is 0.294 e. The molecular weight excluding hydrogens is 172 g/mol. The Hall–Kier alpha value is -1.29. The van der Waals surface area contributed by atoms with Crippen molar-refractivity contribution in [3.8, 4) is 0 Å². The highest BCUT2D eigenvalue weighted by molar-refractivity contribution is 7.09. The van der Waals surface area contributed by atoms with E-state index in [-0.39, 0.29) is 0 Å². The number of thiophene rings is 1. The normalized spacial score (nSPS) is 10.0. The molecule has 2 aromatic rings. The second-order valence-electron chi connectivity index (χ2n) is 2.27. The summed E-state index contributed by atoms with van der Waals surface area (Å²) in [5.74, 6) is 0. The molecule has 0 amide bonds. The Kier molecular flexibility index (Phi) is 2.09. The van der Waals surface area contributed by atoms with Gasteiger partial charge in [0, 0.05) is 4.88 Å². The lowest BCUT2D eigenvalue weighted by Gasteiger charge is -1.96. The highest BCUT2D eigenvalue weighted by atomic mass is 32.1. The van der Waals surface area contributed by atoms with Crippen LogP contribution in [0.25, 0.3) is 0 Å². The van der Waals surface area contributed by atoms with Gasteiger partial charge >= 0.3 is 0 Å². The number of rotatable bonds is 3. The lowest BCUT2D eigenvalue weighted by Crippen LogP contribution is -1.96. The average Bonchev–Trinajstić information content (AvgIpc) is 2.74. The summed E-state index contributed by atoms with van der Waals surface area (Å²) in [6.45, 7) is 0.776. The van der Waals surface area contributed by atoms with E-state index in [9.17, 15) is 0 Å². The van der Waals surface area contributed by atoms with Crippen molar-refractivity contribution < 1.29 is 4.42 Å².